The summed E-state index contributed by atoms with van der Waals surface area (Å²) in [5, 5.41) is 2.84. The Bertz CT molecular complexity index is 690. The molecule has 2 rings (SSSR count). The molecule has 0 saturated carbocycles. The fourth-order valence-electron chi connectivity index (χ4n) is 2.22. The van der Waals surface area contributed by atoms with E-state index in [9.17, 15) is 4.79 Å². The van der Waals surface area contributed by atoms with Crippen molar-refractivity contribution < 1.29 is 19.0 Å². The van der Waals surface area contributed by atoms with E-state index < -0.39 is 0 Å². The Kier molecular flexibility index (Phi) is 6.93. The van der Waals surface area contributed by atoms with Crippen LogP contribution in [0.3, 0.4) is 0 Å². The molecule has 5 nitrogen and oxygen atoms in total. The maximum absolute atomic E-state index is 11.9. The third-order valence-electron chi connectivity index (χ3n) is 3.30. The smallest absolute Gasteiger partial charge is 0.224 e. The number of ether oxygens (including phenoxy) is 3. The first-order valence-corrected chi connectivity index (χ1v) is 8.28. The van der Waals surface area contributed by atoms with E-state index >= 15 is 0 Å². The fraction of sp³-hybridized carbons (Fsp3) is 0.278. The molecular weight excluding hydrogens is 374 g/mol. The van der Waals surface area contributed by atoms with E-state index in [2.05, 4.69) is 21.2 Å². The third-order valence-corrected chi connectivity index (χ3v) is 3.80. The monoisotopic (exact) mass is 393 g/mol. The van der Waals surface area contributed by atoms with Crippen LogP contribution >= 0.6 is 15.9 Å². The number of halogens is 1. The molecule has 1 N–H and O–H groups in total. The number of para-hydroxylation sites is 1. The Balaban J connectivity index is 1.80. The molecule has 0 unspecified atom stereocenters. The Morgan fingerprint density at radius 2 is 1.83 bits per heavy atom. The molecule has 24 heavy (non-hydrogen) atoms. The summed E-state index contributed by atoms with van der Waals surface area (Å²) in [5.41, 5.74) is 0.956. The van der Waals surface area contributed by atoms with E-state index in [1.54, 1.807) is 26.4 Å². The minimum Gasteiger partial charge on any atom is -0.493 e. The van der Waals surface area contributed by atoms with Crippen LogP contribution in [0, 0.1) is 0 Å². The summed E-state index contributed by atoms with van der Waals surface area (Å²) in [5.74, 6) is 1.68. The molecular formula is C18H20BrNO4. The molecule has 0 aliphatic rings. The first kappa shape index (κ1) is 18.1. The lowest BCUT2D eigenvalue weighted by molar-refractivity contribution is -0.120. The van der Waals surface area contributed by atoms with Crippen molar-refractivity contribution in [3.05, 3.63) is 52.5 Å². The minimum atomic E-state index is -0.0469. The summed E-state index contributed by atoms with van der Waals surface area (Å²) in [6.07, 6.45) is 0.335. The van der Waals surface area contributed by atoms with Gasteiger partial charge in [-0.15, -0.1) is 0 Å². The highest BCUT2D eigenvalue weighted by Gasteiger charge is 2.10. The summed E-state index contributed by atoms with van der Waals surface area (Å²) < 4.78 is 17.1. The zero-order valence-corrected chi connectivity index (χ0v) is 15.3. The number of benzene rings is 2. The van der Waals surface area contributed by atoms with Crippen molar-refractivity contribution in [2.45, 2.75) is 6.42 Å². The molecule has 0 radical (unpaired) electrons. The van der Waals surface area contributed by atoms with Crippen LogP contribution in [0.25, 0.3) is 0 Å². The summed E-state index contributed by atoms with van der Waals surface area (Å²) in [7, 11) is 3.13. The lowest BCUT2D eigenvalue weighted by Crippen LogP contribution is -2.29. The summed E-state index contributed by atoms with van der Waals surface area (Å²) in [6, 6.07) is 13.1. The molecule has 6 heteroatoms. The molecule has 128 valence electrons. The molecule has 0 saturated heterocycles. The van der Waals surface area contributed by atoms with Gasteiger partial charge in [-0.05, 0) is 29.8 Å². The van der Waals surface area contributed by atoms with Crippen molar-refractivity contribution in [1.29, 1.82) is 0 Å². The second-order valence-electron chi connectivity index (χ2n) is 5.00. The summed E-state index contributed by atoms with van der Waals surface area (Å²) in [4.78, 5) is 11.9. The second-order valence-corrected chi connectivity index (χ2v) is 5.91. The molecule has 0 fully saturated rings. The summed E-state index contributed by atoms with van der Waals surface area (Å²) in [6.45, 7) is 0.751. The highest BCUT2D eigenvalue weighted by molar-refractivity contribution is 9.10. The van der Waals surface area contributed by atoms with Crippen molar-refractivity contribution >= 4 is 21.8 Å². The highest BCUT2D eigenvalue weighted by atomic mass is 79.9. The number of rotatable bonds is 8. The van der Waals surface area contributed by atoms with Crippen molar-refractivity contribution in [2.24, 2.45) is 0 Å². The van der Waals surface area contributed by atoms with Crippen molar-refractivity contribution in [1.82, 2.24) is 5.32 Å². The number of nitrogens with one attached hydrogen (secondary N) is 1. The van der Waals surface area contributed by atoms with Gasteiger partial charge in [0.2, 0.25) is 11.7 Å². The van der Waals surface area contributed by atoms with Gasteiger partial charge in [0.15, 0.2) is 11.5 Å². The van der Waals surface area contributed by atoms with Gasteiger partial charge < -0.3 is 19.5 Å². The molecule has 0 atom stereocenters. The molecule has 0 aliphatic heterocycles. The maximum Gasteiger partial charge on any atom is 0.224 e. The highest BCUT2D eigenvalue weighted by Crippen LogP contribution is 2.36. The van der Waals surface area contributed by atoms with Gasteiger partial charge in [0.05, 0.1) is 27.2 Å². The molecule has 1 amide bonds. The van der Waals surface area contributed by atoms with Gasteiger partial charge in [-0.3, -0.25) is 4.79 Å². The number of amides is 1. The molecule has 2 aromatic rings. The van der Waals surface area contributed by atoms with E-state index in [1.165, 1.54) is 0 Å². The number of hydrogen-bond acceptors (Lipinski definition) is 4. The van der Waals surface area contributed by atoms with E-state index in [-0.39, 0.29) is 5.91 Å². The van der Waals surface area contributed by atoms with Gasteiger partial charge in [-0.1, -0.05) is 34.1 Å². The third kappa shape index (κ3) is 5.16. The van der Waals surface area contributed by atoms with Crippen molar-refractivity contribution in [3.8, 4) is 17.2 Å². The Hall–Kier alpha value is -2.21. The van der Waals surface area contributed by atoms with Crippen LogP contribution in [0.2, 0.25) is 0 Å². The second kappa shape index (κ2) is 9.17. The largest absolute Gasteiger partial charge is 0.493 e. The SMILES string of the molecule is COc1cccc(OCCNC(=O)Cc2cccc(Br)c2)c1OC. The molecule has 0 bridgehead atoms. The maximum atomic E-state index is 11.9. The van der Waals surface area contributed by atoms with Gasteiger partial charge in [0.1, 0.15) is 6.61 Å². The molecule has 0 aromatic heterocycles. The lowest BCUT2D eigenvalue weighted by atomic mass is 10.1. The Labute approximate surface area is 150 Å². The molecule has 0 aliphatic carbocycles. The Morgan fingerprint density at radius 3 is 2.54 bits per heavy atom. The molecule has 0 spiro atoms. The first-order valence-electron chi connectivity index (χ1n) is 7.49. The lowest BCUT2D eigenvalue weighted by Gasteiger charge is -2.13. The van der Waals surface area contributed by atoms with Gasteiger partial charge >= 0.3 is 0 Å². The zero-order valence-electron chi connectivity index (χ0n) is 13.7. The van der Waals surface area contributed by atoms with Crippen molar-refractivity contribution in [3.63, 3.8) is 0 Å². The van der Waals surface area contributed by atoms with Crippen molar-refractivity contribution in [2.75, 3.05) is 27.4 Å². The van der Waals surface area contributed by atoms with Gasteiger partial charge in [0.25, 0.3) is 0 Å². The normalized spacial score (nSPS) is 10.1. The molecule has 0 heterocycles. The predicted octanol–water partition coefficient (Wildman–Crippen LogP) is 3.20. The van der Waals surface area contributed by atoms with Crippen LogP contribution in [-0.2, 0) is 11.2 Å². The van der Waals surface area contributed by atoms with Crippen LogP contribution in [0.1, 0.15) is 5.56 Å². The van der Waals surface area contributed by atoms with E-state index in [4.69, 9.17) is 14.2 Å². The van der Waals surface area contributed by atoms with Gasteiger partial charge in [-0.2, -0.15) is 0 Å². The van der Waals surface area contributed by atoms with E-state index in [0.29, 0.717) is 36.8 Å². The topological polar surface area (TPSA) is 56.8 Å². The van der Waals surface area contributed by atoms with Crippen LogP contribution in [0.15, 0.2) is 46.9 Å². The van der Waals surface area contributed by atoms with Crippen LogP contribution in [0.5, 0.6) is 17.2 Å². The number of methoxy groups -OCH3 is 2. The van der Waals surface area contributed by atoms with Gasteiger partial charge in [-0.25, -0.2) is 0 Å². The predicted molar refractivity (Wildman–Crippen MR) is 95.9 cm³/mol. The quantitative estimate of drug-likeness (QED) is 0.699. The average molecular weight is 394 g/mol. The number of hydrogen-bond donors (Lipinski definition) is 1. The van der Waals surface area contributed by atoms with Crippen LogP contribution in [0.4, 0.5) is 0 Å². The average Bonchev–Trinajstić information content (AvgIpc) is 2.58. The zero-order chi connectivity index (χ0) is 17.4. The minimum absolute atomic E-state index is 0.0469. The van der Waals surface area contributed by atoms with E-state index in [1.807, 2.05) is 30.3 Å². The fourth-order valence-corrected chi connectivity index (χ4v) is 2.66. The Morgan fingerprint density at radius 1 is 1.08 bits per heavy atom. The number of carbonyl (C=O) groups excluding carboxylic acids is 1. The standard InChI is InChI=1S/C18H20BrNO4/c1-22-15-7-4-8-16(18(15)23-2)24-10-9-20-17(21)12-13-5-3-6-14(19)11-13/h3-8,11H,9-10,12H2,1-2H3,(H,20,21). The van der Waals surface area contributed by atoms with Crippen LogP contribution < -0.4 is 19.5 Å². The molecule has 2 aromatic carbocycles. The number of carbonyl (C=O) groups is 1. The van der Waals surface area contributed by atoms with Crippen LogP contribution in [-0.4, -0.2) is 33.3 Å². The van der Waals surface area contributed by atoms with E-state index in [0.717, 1.165) is 10.0 Å². The summed E-state index contributed by atoms with van der Waals surface area (Å²) >= 11 is 3.39. The first-order chi connectivity index (χ1) is 11.6. The van der Waals surface area contributed by atoms with Gasteiger partial charge in [0, 0.05) is 4.47 Å².